The van der Waals surface area contributed by atoms with Crippen molar-refractivity contribution < 1.29 is 14.5 Å². The monoisotopic (exact) mass is 342 g/mol. The molecule has 0 aromatic heterocycles. The number of carbonyl (C=O) groups is 1. The van der Waals surface area contributed by atoms with E-state index in [-0.39, 0.29) is 11.6 Å². The Morgan fingerprint density at radius 2 is 1.96 bits per heavy atom. The number of nitrogens with one attached hydrogen (secondary N) is 1. The standard InChI is InChI=1S/C19H22N2O4/c1-5-17(25-18-10-9-12(2)11-13(18)3)19(22)20-15-7-6-8-16(14(15)4)21(23)24/h6-11,17H,5H2,1-4H3,(H,20,22)/t17-/m1/s1. The first-order valence-corrected chi connectivity index (χ1v) is 8.12. The van der Waals surface area contributed by atoms with Crippen LogP contribution in [-0.4, -0.2) is 16.9 Å². The van der Waals surface area contributed by atoms with Gasteiger partial charge in [-0.25, -0.2) is 0 Å². The van der Waals surface area contributed by atoms with Crippen LogP contribution >= 0.6 is 0 Å². The number of hydrogen-bond acceptors (Lipinski definition) is 4. The Hall–Kier alpha value is -2.89. The maximum atomic E-state index is 12.6. The molecule has 6 heteroatoms. The molecule has 0 saturated heterocycles. The van der Waals surface area contributed by atoms with Crippen molar-refractivity contribution >= 4 is 17.3 Å². The van der Waals surface area contributed by atoms with E-state index in [1.165, 1.54) is 6.07 Å². The van der Waals surface area contributed by atoms with Gasteiger partial charge in [-0.3, -0.25) is 14.9 Å². The first-order valence-electron chi connectivity index (χ1n) is 8.12. The molecule has 2 rings (SSSR count). The summed E-state index contributed by atoms with van der Waals surface area (Å²) >= 11 is 0. The summed E-state index contributed by atoms with van der Waals surface area (Å²) in [6.45, 7) is 7.39. The average Bonchev–Trinajstić information content (AvgIpc) is 2.55. The number of hydrogen-bond donors (Lipinski definition) is 1. The minimum Gasteiger partial charge on any atom is -0.480 e. The molecule has 0 saturated carbocycles. The number of nitro benzene ring substituents is 1. The van der Waals surface area contributed by atoms with E-state index in [4.69, 9.17) is 4.74 Å². The summed E-state index contributed by atoms with van der Waals surface area (Å²) in [6, 6.07) is 10.4. The molecule has 132 valence electrons. The molecule has 0 aliphatic carbocycles. The van der Waals surface area contributed by atoms with Crippen LogP contribution in [0.3, 0.4) is 0 Å². The van der Waals surface area contributed by atoms with Gasteiger partial charge in [0, 0.05) is 6.07 Å². The van der Waals surface area contributed by atoms with Crippen molar-refractivity contribution in [1.29, 1.82) is 0 Å². The molecule has 2 aromatic rings. The second-order valence-electron chi connectivity index (χ2n) is 5.98. The van der Waals surface area contributed by atoms with Gasteiger partial charge in [0.05, 0.1) is 16.2 Å². The van der Waals surface area contributed by atoms with E-state index >= 15 is 0 Å². The van der Waals surface area contributed by atoms with E-state index in [9.17, 15) is 14.9 Å². The van der Waals surface area contributed by atoms with Crippen molar-refractivity contribution in [2.45, 2.75) is 40.2 Å². The lowest BCUT2D eigenvalue weighted by molar-refractivity contribution is -0.385. The molecule has 0 fully saturated rings. The van der Waals surface area contributed by atoms with Gasteiger partial charge in [0.1, 0.15) is 5.75 Å². The van der Waals surface area contributed by atoms with E-state index in [1.54, 1.807) is 19.1 Å². The van der Waals surface area contributed by atoms with Crippen molar-refractivity contribution in [3.8, 4) is 5.75 Å². The summed E-state index contributed by atoms with van der Waals surface area (Å²) in [5, 5.41) is 13.8. The van der Waals surface area contributed by atoms with Crippen LogP contribution in [0.4, 0.5) is 11.4 Å². The van der Waals surface area contributed by atoms with Crippen LogP contribution in [0.25, 0.3) is 0 Å². The van der Waals surface area contributed by atoms with Gasteiger partial charge in [-0.2, -0.15) is 0 Å². The number of anilines is 1. The molecule has 0 aliphatic rings. The van der Waals surface area contributed by atoms with Crippen LogP contribution in [0, 0.1) is 30.9 Å². The van der Waals surface area contributed by atoms with E-state index in [0.29, 0.717) is 23.4 Å². The fourth-order valence-corrected chi connectivity index (χ4v) is 2.58. The predicted octanol–water partition coefficient (Wildman–Crippen LogP) is 4.32. The fourth-order valence-electron chi connectivity index (χ4n) is 2.58. The molecule has 1 N–H and O–H groups in total. The highest BCUT2D eigenvalue weighted by Gasteiger charge is 2.22. The third-order valence-corrected chi connectivity index (χ3v) is 4.02. The molecule has 0 heterocycles. The van der Waals surface area contributed by atoms with Crippen LogP contribution in [0.15, 0.2) is 36.4 Å². The second kappa shape index (κ2) is 7.79. The average molecular weight is 342 g/mol. The normalized spacial score (nSPS) is 11.7. The topological polar surface area (TPSA) is 81.5 Å². The van der Waals surface area contributed by atoms with E-state index in [1.807, 2.05) is 39.0 Å². The summed E-state index contributed by atoms with van der Waals surface area (Å²) in [5.74, 6) is 0.328. The van der Waals surface area contributed by atoms with E-state index in [2.05, 4.69) is 5.32 Å². The number of nitrogens with zero attached hydrogens (tertiary/aromatic N) is 1. The first-order chi connectivity index (χ1) is 11.8. The lowest BCUT2D eigenvalue weighted by Crippen LogP contribution is -2.32. The molecule has 25 heavy (non-hydrogen) atoms. The minimum atomic E-state index is -0.680. The van der Waals surface area contributed by atoms with Crippen molar-refractivity contribution in [3.63, 3.8) is 0 Å². The van der Waals surface area contributed by atoms with Gasteiger partial charge in [0.2, 0.25) is 0 Å². The lowest BCUT2D eigenvalue weighted by Gasteiger charge is -2.19. The third kappa shape index (κ3) is 4.35. The van der Waals surface area contributed by atoms with Crippen molar-refractivity contribution in [3.05, 3.63) is 63.2 Å². The van der Waals surface area contributed by atoms with E-state index in [0.717, 1.165) is 11.1 Å². The number of nitro groups is 1. The maximum Gasteiger partial charge on any atom is 0.274 e. The maximum absolute atomic E-state index is 12.6. The van der Waals surface area contributed by atoms with Crippen LogP contribution in [0.2, 0.25) is 0 Å². The van der Waals surface area contributed by atoms with Gasteiger partial charge in [-0.1, -0.05) is 30.7 Å². The number of rotatable bonds is 6. The SMILES string of the molecule is CC[C@@H](Oc1ccc(C)cc1C)C(=O)Nc1cccc([N+](=O)[O-])c1C. The smallest absolute Gasteiger partial charge is 0.274 e. The second-order valence-corrected chi connectivity index (χ2v) is 5.98. The summed E-state index contributed by atoms with van der Waals surface area (Å²) in [6.07, 6.45) is -0.201. The zero-order chi connectivity index (χ0) is 18.6. The predicted molar refractivity (Wildman–Crippen MR) is 97.1 cm³/mol. The van der Waals surface area contributed by atoms with Crippen molar-refractivity contribution in [2.24, 2.45) is 0 Å². The summed E-state index contributed by atoms with van der Waals surface area (Å²) in [5.41, 5.74) is 2.89. The Labute approximate surface area is 147 Å². The minimum absolute atomic E-state index is 0.0267. The zero-order valence-corrected chi connectivity index (χ0v) is 14.8. The van der Waals surface area contributed by atoms with Gasteiger partial charge in [-0.15, -0.1) is 0 Å². The quantitative estimate of drug-likeness (QED) is 0.626. The molecule has 0 aliphatic heterocycles. The molecule has 0 bridgehead atoms. The number of amides is 1. The molecule has 0 spiro atoms. The Morgan fingerprint density at radius 1 is 1.24 bits per heavy atom. The summed E-state index contributed by atoms with van der Waals surface area (Å²) in [7, 11) is 0. The Kier molecular flexibility index (Phi) is 5.75. The van der Waals surface area contributed by atoms with Gasteiger partial charge < -0.3 is 10.1 Å². The molecule has 0 unspecified atom stereocenters. The largest absolute Gasteiger partial charge is 0.480 e. The summed E-state index contributed by atoms with van der Waals surface area (Å²) < 4.78 is 5.86. The lowest BCUT2D eigenvalue weighted by atomic mass is 10.1. The van der Waals surface area contributed by atoms with E-state index < -0.39 is 11.0 Å². The van der Waals surface area contributed by atoms with Crippen molar-refractivity contribution in [1.82, 2.24) is 0 Å². The van der Waals surface area contributed by atoms with Crippen molar-refractivity contribution in [2.75, 3.05) is 5.32 Å². The van der Waals surface area contributed by atoms with Crippen LogP contribution in [-0.2, 0) is 4.79 Å². The number of carbonyl (C=O) groups excluding carboxylic acids is 1. The third-order valence-electron chi connectivity index (χ3n) is 4.02. The highest BCUT2D eigenvalue weighted by Crippen LogP contribution is 2.26. The highest BCUT2D eigenvalue weighted by molar-refractivity contribution is 5.95. The van der Waals surface area contributed by atoms with Crippen LogP contribution in [0.1, 0.15) is 30.0 Å². The molecule has 6 nitrogen and oxygen atoms in total. The number of aryl methyl sites for hydroxylation is 2. The molecule has 1 atom stereocenters. The van der Waals surface area contributed by atoms with Gasteiger partial charge >= 0.3 is 0 Å². The molecule has 1 amide bonds. The Balaban J connectivity index is 2.18. The molecular weight excluding hydrogens is 320 g/mol. The highest BCUT2D eigenvalue weighted by atomic mass is 16.6. The first kappa shape index (κ1) is 18.4. The molecular formula is C19H22N2O4. The number of benzene rings is 2. The molecule has 0 radical (unpaired) electrons. The Bertz CT molecular complexity index is 802. The van der Waals surface area contributed by atoms with Gasteiger partial charge in [0.15, 0.2) is 6.10 Å². The van der Waals surface area contributed by atoms with Crippen LogP contribution < -0.4 is 10.1 Å². The van der Waals surface area contributed by atoms with Crippen LogP contribution in [0.5, 0.6) is 5.75 Å². The Morgan fingerprint density at radius 3 is 2.56 bits per heavy atom. The zero-order valence-electron chi connectivity index (χ0n) is 14.8. The fraction of sp³-hybridized carbons (Fsp3) is 0.316. The van der Waals surface area contributed by atoms with Gasteiger partial charge in [0.25, 0.3) is 11.6 Å². The van der Waals surface area contributed by atoms with Gasteiger partial charge in [-0.05, 0) is 44.9 Å². The summed E-state index contributed by atoms with van der Waals surface area (Å²) in [4.78, 5) is 23.1. The molecule has 2 aromatic carbocycles. The number of ether oxygens (including phenoxy) is 1.